The first-order valence-electron chi connectivity index (χ1n) is 6.97. The van der Waals surface area contributed by atoms with Gasteiger partial charge in [-0.15, -0.1) is 0 Å². The molecule has 5 nitrogen and oxygen atoms in total. The normalized spacial score (nSPS) is 12.2. The van der Waals surface area contributed by atoms with Crippen molar-refractivity contribution < 1.29 is 19.1 Å². The second-order valence-electron chi connectivity index (χ2n) is 7.13. The molecule has 0 bridgehead atoms. The van der Waals surface area contributed by atoms with E-state index >= 15 is 0 Å². The lowest BCUT2D eigenvalue weighted by molar-refractivity contribution is 0.00149. The number of nitrogens with one attached hydrogen (secondary N) is 1. The number of ether oxygens (including phenoxy) is 2. The smallest absolute Gasteiger partial charge is 0.356 e. The van der Waals surface area contributed by atoms with E-state index in [2.05, 4.69) is 4.98 Å². The topological polar surface area (TPSA) is 68.4 Å². The van der Waals surface area contributed by atoms with Crippen molar-refractivity contribution >= 4 is 11.9 Å². The zero-order chi connectivity index (χ0) is 16.6. The summed E-state index contributed by atoms with van der Waals surface area (Å²) in [4.78, 5) is 27.5. The molecule has 21 heavy (non-hydrogen) atoms. The molecular formula is C16H25NO4. The first kappa shape index (κ1) is 17.3. The Bertz CT molecular complexity index is 556. The molecule has 5 heteroatoms. The highest BCUT2D eigenvalue weighted by molar-refractivity contribution is 6.03. The van der Waals surface area contributed by atoms with E-state index in [1.807, 2.05) is 0 Å². The van der Waals surface area contributed by atoms with Crippen LogP contribution in [-0.2, 0) is 9.47 Å². The third kappa shape index (κ3) is 4.62. The standard InChI is InChI=1S/C16H25NO4/c1-9-10(2)17-12(14(19)21-16(6,7)8)11(9)13(18)20-15(3,4)5/h17H,1-8H3. The maximum absolute atomic E-state index is 12.3. The Morgan fingerprint density at radius 3 is 1.71 bits per heavy atom. The van der Waals surface area contributed by atoms with Crippen molar-refractivity contribution in [2.45, 2.75) is 66.6 Å². The predicted octanol–water partition coefficient (Wildman–Crippen LogP) is 3.54. The average molecular weight is 295 g/mol. The van der Waals surface area contributed by atoms with Crippen molar-refractivity contribution in [1.29, 1.82) is 0 Å². The molecule has 0 aliphatic rings. The minimum Gasteiger partial charge on any atom is -0.456 e. The van der Waals surface area contributed by atoms with Crippen LogP contribution in [-0.4, -0.2) is 28.1 Å². The highest BCUT2D eigenvalue weighted by atomic mass is 16.6. The van der Waals surface area contributed by atoms with Gasteiger partial charge < -0.3 is 14.5 Å². The molecule has 0 aromatic carbocycles. The Balaban J connectivity index is 3.21. The van der Waals surface area contributed by atoms with Gasteiger partial charge in [0.05, 0.1) is 5.56 Å². The monoisotopic (exact) mass is 295 g/mol. The number of H-pyrrole nitrogens is 1. The van der Waals surface area contributed by atoms with Gasteiger partial charge in [0, 0.05) is 5.69 Å². The predicted molar refractivity (Wildman–Crippen MR) is 80.6 cm³/mol. The van der Waals surface area contributed by atoms with E-state index in [4.69, 9.17) is 9.47 Å². The van der Waals surface area contributed by atoms with Crippen LogP contribution >= 0.6 is 0 Å². The minimum absolute atomic E-state index is 0.147. The van der Waals surface area contributed by atoms with E-state index in [0.717, 1.165) is 5.69 Å². The number of carbonyl (C=O) groups is 2. The second-order valence-corrected chi connectivity index (χ2v) is 7.13. The van der Waals surface area contributed by atoms with Crippen molar-refractivity contribution in [3.63, 3.8) is 0 Å². The lowest BCUT2D eigenvalue weighted by Gasteiger charge is -2.21. The summed E-state index contributed by atoms with van der Waals surface area (Å²) in [6, 6.07) is 0. The van der Waals surface area contributed by atoms with Gasteiger partial charge in [-0.1, -0.05) is 0 Å². The fraction of sp³-hybridized carbons (Fsp3) is 0.625. The number of aryl methyl sites for hydroxylation is 1. The third-order valence-corrected chi connectivity index (χ3v) is 2.71. The SMILES string of the molecule is Cc1[nH]c(C(=O)OC(C)(C)C)c(C(=O)OC(C)(C)C)c1C. The van der Waals surface area contributed by atoms with Crippen molar-refractivity contribution in [1.82, 2.24) is 4.98 Å². The molecule has 118 valence electrons. The fourth-order valence-corrected chi connectivity index (χ4v) is 1.79. The van der Waals surface area contributed by atoms with Crippen molar-refractivity contribution in [2.75, 3.05) is 0 Å². The Morgan fingerprint density at radius 1 is 0.857 bits per heavy atom. The van der Waals surface area contributed by atoms with Crippen LogP contribution in [0.4, 0.5) is 0 Å². The number of aromatic nitrogens is 1. The van der Waals surface area contributed by atoms with E-state index in [1.54, 1.807) is 55.4 Å². The number of rotatable bonds is 2. The molecule has 1 N–H and O–H groups in total. The van der Waals surface area contributed by atoms with E-state index in [9.17, 15) is 9.59 Å². The Labute approximate surface area is 126 Å². The van der Waals surface area contributed by atoms with Gasteiger partial charge in [0.25, 0.3) is 0 Å². The van der Waals surface area contributed by atoms with Crippen LogP contribution in [0.1, 0.15) is 73.6 Å². The highest BCUT2D eigenvalue weighted by Gasteiger charge is 2.30. The van der Waals surface area contributed by atoms with E-state index in [-0.39, 0.29) is 11.3 Å². The van der Waals surface area contributed by atoms with Crippen LogP contribution in [0.5, 0.6) is 0 Å². The van der Waals surface area contributed by atoms with Gasteiger partial charge in [-0.3, -0.25) is 0 Å². The van der Waals surface area contributed by atoms with Gasteiger partial charge in [-0.25, -0.2) is 9.59 Å². The van der Waals surface area contributed by atoms with Gasteiger partial charge in [0.15, 0.2) is 0 Å². The van der Waals surface area contributed by atoms with Crippen LogP contribution in [0.2, 0.25) is 0 Å². The van der Waals surface area contributed by atoms with Crippen LogP contribution in [0.3, 0.4) is 0 Å². The van der Waals surface area contributed by atoms with Crippen LogP contribution in [0.25, 0.3) is 0 Å². The van der Waals surface area contributed by atoms with Gasteiger partial charge in [0.2, 0.25) is 0 Å². The molecule has 0 spiro atoms. The quantitative estimate of drug-likeness (QED) is 0.847. The van der Waals surface area contributed by atoms with Gasteiger partial charge in [-0.2, -0.15) is 0 Å². The lowest BCUT2D eigenvalue weighted by Crippen LogP contribution is -2.28. The molecule has 0 unspecified atom stereocenters. The maximum atomic E-state index is 12.3. The summed E-state index contributed by atoms with van der Waals surface area (Å²) in [7, 11) is 0. The molecule has 1 aromatic heterocycles. The molecule has 0 saturated heterocycles. The molecule has 0 aliphatic heterocycles. The summed E-state index contributed by atoms with van der Waals surface area (Å²) in [6.07, 6.45) is 0. The largest absolute Gasteiger partial charge is 0.456 e. The summed E-state index contributed by atoms with van der Waals surface area (Å²) in [5, 5.41) is 0. The van der Waals surface area contributed by atoms with Crippen molar-refractivity contribution in [3.8, 4) is 0 Å². The van der Waals surface area contributed by atoms with Crippen molar-refractivity contribution in [3.05, 3.63) is 22.5 Å². The fourth-order valence-electron chi connectivity index (χ4n) is 1.79. The molecule has 0 aliphatic carbocycles. The maximum Gasteiger partial charge on any atom is 0.356 e. The summed E-state index contributed by atoms with van der Waals surface area (Å²) >= 11 is 0. The van der Waals surface area contributed by atoms with Gasteiger partial charge in [0.1, 0.15) is 16.9 Å². The summed E-state index contributed by atoms with van der Waals surface area (Å²) < 4.78 is 10.7. The second kappa shape index (κ2) is 5.54. The molecule has 1 heterocycles. The van der Waals surface area contributed by atoms with Crippen molar-refractivity contribution in [2.24, 2.45) is 0 Å². The summed E-state index contributed by atoms with van der Waals surface area (Å²) in [5.74, 6) is -1.08. The van der Waals surface area contributed by atoms with Crippen LogP contribution < -0.4 is 0 Å². The highest BCUT2D eigenvalue weighted by Crippen LogP contribution is 2.23. The van der Waals surface area contributed by atoms with E-state index in [1.165, 1.54) is 0 Å². The molecule has 0 fully saturated rings. The van der Waals surface area contributed by atoms with Crippen LogP contribution in [0, 0.1) is 13.8 Å². The van der Waals surface area contributed by atoms with Gasteiger partial charge >= 0.3 is 11.9 Å². The van der Waals surface area contributed by atoms with E-state index < -0.39 is 23.1 Å². The first-order chi connectivity index (χ1) is 9.32. The Morgan fingerprint density at radius 2 is 1.29 bits per heavy atom. The van der Waals surface area contributed by atoms with E-state index in [0.29, 0.717) is 5.56 Å². The third-order valence-electron chi connectivity index (χ3n) is 2.71. The molecular weight excluding hydrogens is 270 g/mol. The zero-order valence-electron chi connectivity index (χ0n) is 14.1. The first-order valence-corrected chi connectivity index (χ1v) is 6.97. The zero-order valence-corrected chi connectivity index (χ0v) is 14.1. The minimum atomic E-state index is -0.630. The molecule has 0 radical (unpaired) electrons. The lowest BCUT2D eigenvalue weighted by atomic mass is 10.1. The molecule has 1 aromatic rings. The molecule has 0 atom stereocenters. The van der Waals surface area contributed by atoms with Crippen LogP contribution in [0.15, 0.2) is 0 Å². The number of aromatic amines is 1. The Kier molecular flexibility index (Phi) is 4.56. The number of hydrogen-bond acceptors (Lipinski definition) is 4. The van der Waals surface area contributed by atoms with Gasteiger partial charge in [-0.05, 0) is 61.0 Å². The Hall–Kier alpha value is -1.78. The number of carbonyl (C=O) groups excluding carboxylic acids is 2. The molecule has 0 amide bonds. The average Bonchev–Trinajstić information content (AvgIpc) is 2.50. The molecule has 1 rings (SSSR count). The molecule has 0 saturated carbocycles. The summed E-state index contributed by atoms with van der Waals surface area (Å²) in [6.45, 7) is 14.3. The number of esters is 2. The summed E-state index contributed by atoms with van der Waals surface area (Å²) in [5.41, 5.74) is 0.586. The number of hydrogen-bond donors (Lipinski definition) is 1.